The van der Waals surface area contributed by atoms with E-state index in [1.165, 1.54) is 0 Å². The zero-order valence-electron chi connectivity index (χ0n) is 10.4. The van der Waals surface area contributed by atoms with Crippen molar-refractivity contribution in [2.45, 2.75) is 5.37 Å². The lowest BCUT2D eigenvalue weighted by Gasteiger charge is -2.25. The Bertz CT molecular complexity index is 645. The van der Waals surface area contributed by atoms with Gasteiger partial charge in [0.15, 0.2) is 0 Å². The predicted molar refractivity (Wildman–Crippen MR) is 85.6 cm³/mol. The Morgan fingerprint density at radius 2 is 1.75 bits per heavy atom. The molecule has 0 saturated carbocycles. The molecule has 102 valence electrons. The van der Waals surface area contributed by atoms with Gasteiger partial charge in [0.05, 0.1) is 5.75 Å². The molecule has 0 aliphatic carbocycles. The molecule has 0 radical (unpaired) electrons. The summed E-state index contributed by atoms with van der Waals surface area (Å²) in [6.07, 6.45) is 0. The van der Waals surface area contributed by atoms with E-state index in [-0.39, 0.29) is 11.3 Å². The lowest BCUT2D eigenvalue weighted by molar-refractivity contribution is -0.115. The number of benzene rings is 2. The van der Waals surface area contributed by atoms with Gasteiger partial charge in [-0.05, 0) is 30.3 Å². The summed E-state index contributed by atoms with van der Waals surface area (Å²) in [5.74, 6) is 0.542. The molecule has 1 heterocycles. The number of hydrogen-bond acceptors (Lipinski definition) is 2. The standard InChI is InChI=1S/C15H11Cl2NOS/c16-10-5-7-11(8-6-10)18-14(19)9-20-15(18)12-3-1-2-4-13(12)17/h1-8,15H,9H2. The molecule has 2 aromatic rings. The molecule has 0 aromatic heterocycles. The van der Waals surface area contributed by atoms with E-state index in [2.05, 4.69) is 0 Å². The number of rotatable bonds is 2. The summed E-state index contributed by atoms with van der Waals surface area (Å²) in [4.78, 5) is 14.0. The molecule has 3 rings (SSSR count). The van der Waals surface area contributed by atoms with Gasteiger partial charge in [0.2, 0.25) is 5.91 Å². The fraction of sp³-hybridized carbons (Fsp3) is 0.133. The van der Waals surface area contributed by atoms with Crippen LogP contribution < -0.4 is 4.90 Å². The van der Waals surface area contributed by atoms with E-state index in [0.29, 0.717) is 15.8 Å². The molecule has 0 bridgehead atoms. The second-order valence-corrected chi connectivity index (χ2v) is 6.34. The number of halogens is 2. The Hall–Kier alpha value is -1.16. The molecule has 5 heteroatoms. The molecular formula is C15H11Cl2NOS. The monoisotopic (exact) mass is 323 g/mol. The molecule has 0 spiro atoms. The van der Waals surface area contributed by atoms with Crippen LogP contribution in [0.25, 0.3) is 0 Å². The van der Waals surface area contributed by atoms with Crippen LogP contribution >= 0.6 is 35.0 Å². The van der Waals surface area contributed by atoms with Crippen molar-refractivity contribution in [1.29, 1.82) is 0 Å². The first kappa shape index (κ1) is 13.8. The van der Waals surface area contributed by atoms with Gasteiger partial charge in [0, 0.05) is 21.3 Å². The van der Waals surface area contributed by atoms with Gasteiger partial charge in [-0.3, -0.25) is 9.69 Å². The summed E-state index contributed by atoms with van der Waals surface area (Å²) in [5, 5.41) is 1.25. The highest BCUT2D eigenvalue weighted by atomic mass is 35.5. The molecular weight excluding hydrogens is 313 g/mol. The molecule has 1 atom stereocenters. The summed E-state index contributed by atoms with van der Waals surface area (Å²) in [7, 11) is 0. The maximum absolute atomic E-state index is 12.2. The molecule has 1 amide bonds. The molecule has 1 saturated heterocycles. The third-order valence-electron chi connectivity index (χ3n) is 3.14. The van der Waals surface area contributed by atoms with Gasteiger partial charge in [-0.15, -0.1) is 11.8 Å². The number of carbonyl (C=O) groups is 1. The van der Waals surface area contributed by atoms with Crippen LogP contribution in [0.5, 0.6) is 0 Å². The van der Waals surface area contributed by atoms with E-state index in [1.54, 1.807) is 28.8 Å². The highest BCUT2D eigenvalue weighted by molar-refractivity contribution is 8.00. The van der Waals surface area contributed by atoms with Crippen molar-refractivity contribution in [3.63, 3.8) is 0 Å². The molecule has 0 N–H and O–H groups in total. The number of anilines is 1. The molecule has 1 fully saturated rings. The first-order chi connectivity index (χ1) is 9.66. The zero-order valence-corrected chi connectivity index (χ0v) is 12.8. The van der Waals surface area contributed by atoms with Gasteiger partial charge in [-0.1, -0.05) is 41.4 Å². The lowest BCUT2D eigenvalue weighted by atomic mass is 10.2. The fourth-order valence-corrected chi connectivity index (χ4v) is 3.85. The van der Waals surface area contributed by atoms with E-state index in [4.69, 9.17) is 23.2 Å². The number of carbonyl (C=O) groups excluding carboxylic acids is 1. The third-order valence-corrected chi connectivity index (χ3v) is 4.93. The minimum absolute atomic E-state index is 0.0854. The number of amides is 1. The summed E-state index contributed by atoms with van der Waals surface area (Å²) in [5.41, 5.74) is 1.80. The number of hydrogen-bond donors (Lipinski definition) is 0. The van der Waals surface area contributed by atoms with E-state index in [0.717, 1.165) is 11.3 Å². The summed E-state index contributed by atoms with van der Waals surface area (Å²) in [6.45, 7) is 0. The molecule has 20 heavy (non-hydrogen) atoms. The van der Waals surface area contributed by atoms with E-state index in [1.807, 2.05) is 36.4 Å². The maximum atomic E-state index is 12.2. The van der Waals surface area contributed by atoms with Crippen LogP contribution in [0.2, 0.25) is 10.0 Å². The van der Waals surface area contributed by atoms with Crippen molar-refractivity contribution < 1.29 is 4.79 Å². The fourth-order valence-electron chi connectivity index (χ4n) is 2.21. The summed E-state index contributed by atoms with van der Waals surface area (Å²) >= 11 is 13.7. The predicted octanol–water partition coefficient (Wildman–Crippen LogP) is 4.77. The minimum atomic E-state index is -0.0858. The van der Waals surface area contributed by atoms with Crippen LogP contribution in [0.4, 0.5) is 5.69 Å². The third kappa shape index (κ3) is 2.53. The van der Waals surface area contributed by atoms with Gasteiger partial charge in [-0.25, -0.2) is 0 Å². The van der Waals surface area contributed by atoms with Gasteiger partial charge in [0.25, 0.3) is 0 Å². The van der Waals surface area contributed by atoms with Crippen LogP contribution in [0.3, 0.4) is 0 Å². The van der Waals surface area contributed by atoms with E-state index >= 15 is 0 Å². The molecule has 2 nitrogen and oxygen atoms in total. The Balaban J connectivity index is 2.01. The van der Waals surface area contributed by atoms with Crippen molar-refractivity contribution >= 4 is 46.6 Å². The van der Waals surface area contributed by atoms with Crippen molar-refractivity contribution in [1.82, 2.24) is 0 Å². The Morgan fingerprint density at radius 3 is 2.45 bits per heavy atom. The Labute approximate surface area is 131 Å². The molecule has 1 aliphatic heterocycles. The summed E-state index contributed by atoms with van der Waals surface area (Å²) in [6, 6.07) is 14.9. The first-order valence-electron chi connectivity index (χ1n) is 6.10. The summed E-state index contributed by atoms with van der Waals surface area (Å²) < 4.78 is 0. The molecule has 1 unspecified atom stereocenters. The zero-order chi connectivity index (χ0) is 14.1. The van der Waals surface area contributed by atoms with Crippen LogP contribution in [-0.2, 0) is 4.79 Å². The van der Waals surface area contributed by atoms with Gasteiger partial charge < -0.3 is 0 Å². The SMILES string of the molecule is O=C1CSC(c2ccccc2Cl)N1c1ccc(Cl)cc1. The highest BCUT2D eigenvalue weighted by Gasteiger charge is 2.34. The molecule has 2 aromatic carbocycles. The Kier molecular flexibility index (Phi) is 3.92. The Morgan fingerprint density at radius 1 is 1.05 bits per heavy atom. The average Bonchev–Trinajstić information content (AvgIpc) is 2.82. The average molecular weight is 324 g/mol. The van der Waals surface area contributed by atoms with Crippen LogP contribution in [-0.4, -0.2) is 11.7 Å². The van der Waals surface area contributed by atoms with Gasteiger partial charge in [-0.2, -0.15) is 0 Å². The topological polar surface area (TPSA) is 20.3 Å². The maximum Gasteiger partial charge on any atom is 0.238 e. The van der Waals surface area contributed by atoms with E-state index in [9.17, 15) is 4.79 Å². The highest BCUT2D eigenvalue weighted by Crippen LogP contribution is 2.43. The minimum Gasteiger partial charge on any atom is -0.295 e. The second-order valence-electron chi connectivity index (χ2n) is 4.43. The number of nitrogens with zero attached hydrogens (tertiary/aromatic N) is 1. The largest absolute Gasteiger partial charge is 0.295 e. The van der Waals surface area contributed by atoms with Crippen LogP contribution in [0, 0.1) is 0 Å². The van der Waals surface area contributed by atoms with Crippen LogP contribution in [0.1, 0.15) is 10.9 Å². The van der Waals surface area contributed by atoms with E-state index < -0.39 is 0 Å². The van der Waals surface area contributed by atoms with Crippen molar-refractivity contribution in [2.24, 2.45) is 0 Å². The normalized spacial score (nSPS) is 18.6. The quantitative estimate of drug-likeness (QED) is 0.793. The van der Waals surface area contributed by atoms with Crippen molar-refractivity contribution in [3.8, 4) is 0 Å². The second kappa shape index (κ2) is 5.68. The smallest absolute Gasteiger partial charge is 0.238 e. The number of thioether (sulfide) groups is 1. The first-order valence-corrected chi connectivity index (χ1v) is 7.91. The lowest BCUT2D eigenvalue weighted by Crippen LogP contribution is -2.27. The van der Waals surface area contributed by atoms with Gasteiger partial charge >= 0.3 is 0 Å². The van der Waals surface area contributed by atoms with Crippen molar-refractivity contribution in [3.05, 3.63) is 64.1 Å². The van der Waals surface area contributed by atoms with Gasteiger partial charge in [0.1, 0.15) is 5.37 Å². The van der Waals surface area contributed by atoms with Crippen molar-refractivity contribution in [2.75, 3.05) is 10.7 Å². The van der Waals surface area contributed by atoms with Crippen LogP contribution in [0.15, 0.2) is 48.5 Å². The molecule has 1 aliphatic rings.